The number of benzene rings is 1. The Hall–Kier alpha value is -4.59. The van der Waals surface area contributed by atoms with E-state index in [1.165, 1.54) is 6.42 Å². The molecule has 1 unspecified atom stereocenters. The molecule has 0 saturated carbocycles. The molecule has 1 saturated heterocycles. The lowest BCUT2D eigenvalue weighted by Gasteiger charge is -2.29. The van der Waals surface area contributed by atoms with Crippen molar-refractivity contribution in [2.24, 2.45) is 5.73 Å². The van der Waals surface area contributed by atoms with Gasteiger partial charge in [0.2, 0.25) is 5.78 Å². The molecular weight excluding hydrogens is 521 g/mol. The van der Waals surface area contributed by atoms with Crippen molar-refractivity contribution in [3.05, 3.63) is 77.7 Å². The highest BCUT2D eigenvalue weighted by Crippen LogP contribution is 2.16. The minimum absolute atomic E-state index is 0.145. The highest BCUT2D eigenvalue weighted by Gasteiger charge is 2.38. The zero-order valence-corrected chi connectivity index (χ0v) is 20.5. The molecule has 0 radical (unpaired) electrons. The number of aliphatic carboxylic acids is 1. The van der Waals surface area contributed by atoms with Crippen LogP contribution in [-0.4, -0.2) is 73.6 Å². The normalized spacial score (nSPS) is 13.8. The second-order valence-electron chi connectivity index (χ2n) is 8.50. The molecule has 0 bridgehead atoms. The summed E-state index contributed by atoms with van der Waals surface area (Å²) in [5, 5.41) is 14.3. The number of amides is 2. The van der Waals surface area contributed by atoms with Crippen molar-refractivity contribution in [2.75, 3.05) is 13.1 Å². The lowest BCUT2D eigenvalue weighted by atomic mass is 10.0. The molecular formula is C25H25F3N6O5. The van der Waals surface area contributed by atoms with Gasteiger partial charge in [-0.2, -0.15) is 18.3 Å². The number of halogens is 3. The Morgan fingerprint density at radius 2 is 1.72 bits per heavy atom. The summed E-state index contributed by atoms with van der Waals surface area (Å²) < 4.78 is 33.3. The molecule has 1 aromatic carbocycles. The van der Waals surface area contributed by atoms with Crippen LogP contribution in [-0.2, 0) is 27.3 Å². The van der Waals surface area contributed by atoms with Crippen molar-refractivity contribution in [2.45, 2.75) is 31.6 Å². The van der Waals surface area contributed by atoms with Crippen LogP contribution >= 0.6 is 0 Å². The van der Waals surface area contributed by atoms with Gasteiger partial charge in [0.25, 0.3) is 11.8 Å². The molecule has 1 atom stereocenters. The number of Topliss-reactive ketones (excluding diaryl/α,β-unsaturated/α-hetero) is 1. The number of pyridine rings is 1. The lowest BCUT2D eigenvalue weighted by Crippen LogP contribution is -2.47. The maximum atomic E-state index is 13.1. The van der Waals surface area contributed by atoms with Gasteiger partial charge in [-0.15, -0.1) is 0 Å². The number of carboxylic acids is 1. The van der Waals surface area contributed by atoms with Crippen molar-refractivity contribution >= 4 is 23.6 Å². The number of hydrogen-bond donors (Lipinski definition) is 3. The van der Waals surface area contributed by atoms with E-state index >= 15 is 0 Å². The Balaban J connectivity index is 0.000000532. The molecule has 1 fully saturated rings. The minimum atomic E-state index is -5.08. The fourth-order valence-corrected chi connectivity index (χ4v) is 3.56. The van der Waals surface area contributed by atoms with Crippen LogP contribution in [0.2, 0.25) is 0 Å². The van der Waals surface area contributed by atoms with Gasteiger partial charge in [-0.1, -0.05) is 30.3 Å². The van der Waals surface area contributed by atoms with Gasteiger partial charge in [0, 0.05) is 25.4 Å². The number of hydrogen-bond acceptors (Lipinski definition) is 7. The Bertz CT molecular complexity index is 1320. The summed E-state index contributed by atoms with van der Waals surface area (Å²) in [6, 6.07) is 13.1. The van der Waals surface area contributed by atoms with E-state index in [1.807, 2.05) is 36.4 Å². The summed E-state index contributed by atoms with van der Waals surface area (Å²) in [5.41, 5.74) is 7.13. The number of rotatable bonds is 9. The molecule has 4 rings (SSSR count). The maximum absolute atomic E-state index is 13.1. The number of nitrogens with two attached hydrogens (primary N) is 1. The maximum Gasteiger partial charge on any atom is 0.490 e. The van der Waals surface area contributed by atoms with Crippen molar-refractivity contribution in [1.82, 2.24) is 25.0 Å². The number of nitrogens with zero attached hydrogens (tertiary/aromatic N) is 4. The number of primary amides is 1. The van der Waals surface area contributed by atoms with Crippen LogP contribution < -0.4 is 11.1 Å². The van der Waals surface area contributed by atoms with Crippen molar-refractivity contribution in [3.8, 4) is 5.82 Å². The first-order valence-corrected chi connectivity index (χ1v) is 11.7. The number of likely N-dealkylation sites (tertiary alicyclic amines) is 1. The second-order valence-corrected chi connectivity index (χ2v) is 8.50. The van der Waals surface area contributed by atoms with Gasteiger partial charge >= 0.3 is 12.1 Å². The number of carbonyl (C=O) groups is 4. The molecule has 206 valence electrons. The van der Waals surface area contributed by atoms with Crippen molar-refractivity contribution in [1.29, 1.82) is 0 Å². The molecule has 2 aromatic heterocycles. The van der Waals surface area contributed by atoms with E-state index in [0.717, 1.165) is 30.9 Å². The zero-order valence-electron chi connectivity index (χ0n) is 20.5. The molecule has 14 heteroatoms. The van der Waals surface area contributed by atoms with Crippen LogP contribution in [0.5, 0.6) is 0 Å². The third-order valence-corrected chi connectivity index (χ3v) is 5.62. The summed E-state index contributed by atoms with van der Waals surface area (Å²) in [6.07, 6.45) is -0.422. The van der Waals surface area contributed by atoms with Gasteiger partial charge in [-0.25, -0.2) is 14.5 Å². The number of ketones is 1. The van der Waals surface area contributed by atoms with E-state index in [2.05, 4.69) is 20.3 Å². The number of aromatic nitrogens is 3. The highest BCUT2D eigenvalue weighted by molar-refractivity contribution is 6.38. The molecule has 39 heavy (non-hydrogen) atoms. The average Bonchev–Trinajstić information content (AvgIpc) is 3.34. The van der Waals surface area contributed by atoms with E-state index in [0.29, 0.717) is 5.82 Å². The molecule has 0 aliphatic carbocycles. The minimum Gasteiger partial charge on any atom is -0.475 e. The Labute approximate surface area is 220 Å². The fraction of sp³-hybridized carbons (Fsp3) is 0.280. The molecule has 0 spiro atoms. The molecule has 1 aliphatic rings. The van der Waals surface area contributed by atoms with Crippen LogP contribution in [0.25, 0.3) is 5.82 Å². The topological polar surface area (TPSA) is 161 Å². The summed E-state index contributed by atoms with van der Waals surface area (Å²) >= 11 is 0. The van der Waals surface area contributed by atoms with Crippen LogP contribution in [0.4, 0.5) is 13.2 Å². The largest absolute Gasteiger partial charge is 0.490 e. The first-order valence-electron chi connectivity index (χ1n) is 11.7. The van der Waals surface area contributed by atoms with Gasteiger partial charge in [0.1, 0.15) is 6.04 Å². The number of alkyl halides is 3. The van der Waals surface area contributed by atoms with Crippen LogP contribution in [0.3, 0.4) is 0 Å². The Morgan fingerprint density at radius 1 is 1.05 bits per heavy atom. The first-order chi connectivity index (χ1) is 18.5. The predicted molar refractivity (Wildman–Crippen MR) is 131 cm³/mol. The summed E-state index contributed by atoms with van der Waals surface area (Å²) in [5.74, 6) is -4.91. The third kappa shape index (κ3) is 8.20. The summed E-state index contributed by atoms with van der Waals surface area (Å²) in [6.45, 7) is 2.86. The van der Waals surface area contributed by atoms with Crippen LogP contribution in [0, 0.1) is 0 Å². The third-order valence-electron chi connectivity index (χ3n) is 5.62. The van der Waals surface area contributed by atoms with Gasteiger partial charge in [0.15, 0.2) is 5.82 Å². The standard InChI is InChI=1S/C23H24N6O3.C2HF3O2/c24-21(31)20(30)19(14-16-6-2-1-3-7-16)26-23(32)18-8-4-10-25-22(18)29-13-9-17(27-29)15-28-11-5-12-28;3-2(4,5)1(6)7/h1-4,6-10,13,19H,5,11-12,14-15H2,(H2,24,31)(H,26,32);(H,6,7). The van der Waals surface area contributed by atoms with Gasteiger partial charge < -0.3 is 16.2 Å². The SMILES string of the molecule is NC(=O)C(=O)C(Cc1ccccc1)NC(=O)c1cccnc1-n1ccc(CN2CCC2)n1.O=C(O)C(F)(F)F. The van der Waals surface area contributed by atoms with E-state index < -0.39 is 35.8 Å². The molecule has 3 heterocycles. The highest BCUT2D eigenvalue weighted by atomic mass is 19.4. The Kier molecular flexibility index (Phi) is 9.49. The molecule has 3 aromatic rings. The molecule has 2 amide bonds. The van der Waals surface area contributed by atoms with Gasteiger partial charge in [0.05, 0.1) is 11.3 Å². The van der Waals surface area contributed by atoms with Crippen molar-refractivity contribution in [3.63, 3.8) is 0 Å². The van der Waals surface area contributed by atoms with Crippen molar-refractivity contribution < 1.29 is 37.5 Å². The first kappa shape index (κ1) is 29.0. The van der Waals surface area contributed by atoms with Crippen LogP contribution in [0.1, 0.15) is 28.0 Å². The monoisotopic (exact) mass is 546 g/mol. The Morgan fingerprint density at radius 3 is 2.28 bits per heavy atom. The quantitative estimate of drug-likeness (QED) is 0.341. The summed E-state index contributed by atoms with van der Waals surface area (Å²) in [4.78, 5) is 52.5. The molecule has 4 N–H and O–H groups in total. The number of carbonyl (C=O) groups excluding carboxylic acids is 3. The lowest BCUT2D eigenvalue weighted by molar-refractivity contribution is -0.192. The van der Waals surface area contributed by atoms with E-state index in [9.17, 15) is 27.6 Å². The number of nitrogens with one attached hydrogen (secondary N) is 1. The fourth-order valence-electron chi connectivity index (χ4n) is 3.56. The number of carboxylic acid groups (broad SMARTS) is 1. The smallest absolute Gasteiger partial charge is 0.475 e. The predicted octanol–water partition coefficient (Wildman–Crippen LogP) is 1.50. The molecule has 11 nitrogen and oxygen atoms in total. The average molecular weight is 547 g/mol. The summed E-state index contributed by atoms with van der Waals surface area (Å²) in [7, 11) is 0. The van der Waals surface area contributed by atoms with E-state index in [1.54, 1.807) is 29.2 Å². The van der Waals surface area contributed by atoms with E-state index in [-0.39, 0.29) is 12.0 Å². The van der Waals surface area contributed by atoms with E-state index in [4.69, 9.17) is 15.6 Å². The van der Waals surface area contributed by atoms with Crippen LogP contribution in [0.15, 0.2) is 60.9 Å². The second kappa shape index (κ2) is 12.8. The zero-order chi connectivity index (χ0) is 28.6. The molecule has 1 aliphatic heterocycles. The van der Waals surface area contributed by atoms with Gasteiger partial charge in [-0.05, 0) is 43.3 Å². The van der Waals surface area contributed by atoms with Gasteiger partial charge in [-0.3, -0.25) is 19.3 Å².